The van der Waals surface area contributed by atoms with Gasteiger partial charge in [-0.25, -0.2) is 0 Å². The molecule has 2 aromatic rings. The molecule has 3 nitrogen and oxygen atoms in total. The number of hydrogen-bond acceptors (Lipinski definition) is 2. The fourth-order valence-corrected chi connectivity index (χ4v) is 2.84. The van der Waals surface area contributed by atoms with Gasteiger partial charge in [0.05, 0.1) is 6.61 Å². The summed E-state index contributed by atoms with van der Waals surface area (Å²) in [5.41, 5.74) is 4.25. The molecular weight excluding hydrogens is 286 g/mol. The number of anilines is 1. The van der Waals surface area contributed by atoms with Crippen molar-refractivity contribution in [2.24, 2.45) is 5.92 Å². The number of ether oxygens (including phenoxy) is 1. The van der Waals surface area contributed by atoms with Crippen LogP contribution in [0.1, 0.15) is 41.8 Å². The van der Waals surface area contributed by atoms with Crippen molar-refractivity contribution in [3.8, 4) is 5.75 Å². The molecule has 3 rings (SSSR count). The summed E-state index contributed by atoms with van der Waals surface area (Å²) in [5.74, 6) is 1.09. The first kappa shape index (κ1) is 15.6. The number of hydrogen-bond donors (Lipinski definition) is 1. The van der Waals surface area contributed by atoms with Gasteiger partial charge < -0.3 is 10.1 Å². The number of rotatable bonds is 5. The fourth-order valence-electron chi connectivity index (χ4n) is 2.84. The summed E-state index contributed by atoms with van der Waals surface area (Å²) in [5, 5.41) is 2.99. The lowest BCUT2D eigenvalue weighted by atomic mass is 10.1. The van der Waals surface area contributed by atoms with Gasteiger partial charge in [0, 0.05) is 11.3 Å². The predicted molar refractivity (Wildman–Crippen MR) is 93.2 cm³/mol. The van der Waals surface area contributed by atoms with E-state index < -0.39 is 0 Å². The summed E-state index contributed by atoms with van der Waals surface area (Å²) in [7, 11) is 0. The van der Waals surface area contributed by atoms with Gasteiger partial charge in [-0.1, -0.05) is 26.0 Å². The number of aryl methyl sites for hydroxylation is 2. The van der Waals surface area contributed by atoms with E-state index in [1.54, 1.807) is 6.07 Å². The first-order valence-corrected chi connectivity index (χ1v) is 8.28. The van der Waals surface area contributed by atoms with E-state index in [4.69, 9.17) is 4.74 Å². The van der Waals surface area contributed by atoms with Gasteiger partial charge in [-0.3, -0.25) is 4.79 Å². The normalized spacial score (nSPS) is 13.0. The van der Waals surface area contributed by atoms with Crippen LogP contribution in [-0.4, -0.2) is 12.5 Å². The second-order valence-electron chi connectivity index (χ2n) is 6.52. The Morgan fingerprint density at radius 2 is 1.96 bits per heavy atom. The number of benzene rings is 2. The summed E-state index contributed by atoms with van der Waals surface area (Å²) < 4.78 is 5.69. The summed E-state index contributed by atoms with van der Waals surface area (Å²) in [4.78, 5) is 12.4. The Hall–Kier alpha value is -2.29. The van der Waals surface area contributed by atoms with Crippen molar-refractivity contribution in [2.45, 2.75) is 33.1 Å². The molecule has 0 saturated heterocycles. The van der Waals surface area contributed by atoms with Crippen molar-refractivity contribution in [1.82, 2.24) is 0 Å². The SMILES string of the molecule is CC(C)COc1cccc(C(=O)Nc2ccc3c(c2)CCC3)c1. The van der Waals surface area contributed by atoms with Crippen molar-refractivity contribution in [2.75, 3.05) is 11.9 Å². The van der Waals surface area contributed by atoms with Crippen LogP contribution in [0.15, 0.2) is 42.5 Å². The molecule has 0 bridgehead atoms. The van der Waals surface area contributed by atoms with Crippen molar-refractivity contribution >= 4 is 11.6 Å². The van der Waals surface area contributed by atoms with Crippen molar-refractivity contribution < 1.29 is 9.53 Å². The molecule has 0 heterocycles. The van der Waals surface area contributed by atoms with E-state index >= 15 is 0 Å². The number of fused-ring (bicyclic) bond motifs is 1. The molecule has 0 fully saturated rings. The standard InChI is InChI=1S/C20H23NO2/c1-14(2)13-23-19-8-4-7-17(12-19)20(22)21-18-10-9-15-5-3-6-16(15)11-18/h4,7-12,14H,3,5-6,13H2,1-2H3,(H,21,22). The minimum absolute atomic E-state index is 0.0991. The Morgan fingerprint density at radius 1 is 1.13 bits per heavy atom. The van der Waals surface area contributed by atoms with Gasteiger partial charge in [-0.2, -0.15) is 0 Å². The average Bonchev–Trinajstić information content (AvgIpc) is 3.01. The highest BCUT2D eigenvalue weighted by Gasteiger charge is 2.13. The minimum Gasteiger partial charge on any atom is -0.493 e. The Labute approximate surface area is 137 Å². The molecule has 0 radical (unpaired) electrons. The van der Waals surface area contributed by atoms with Gasteiger partial charge in [0.15, 0.2) is 0 Å². The molecule has 1 aliphatic carbocycles. The van der Waals surface area contributed by atoms with Crippen LogP contribution in [0.2, 0.25) is 0 Å². The van der Waals surface area contributed by atoms with Crippen molar-refractivity contribution in [3.63, 3.8) is 0 Å². The summed E-state index contributed by atoms with van der Waals surface area (Å²) >= 11 is 0. The second kappa shape index (κ2) is 6.86. The lowest BCUT2D eigenvalue weighted by Gasteiger charge is -2.11. The highest BCUT2D eigenvalue weighted by Crippen LogP contribution is 2.25. The van der Waals surface area contributed by atoms with Crippen molar-refractivity contribution in [3.05, 3.63) is 59.2 Å². The smallest absolute Gasteiger partial charge is 0.255 e. The lowest BCUT2D eigenvalue weighted by molar-refractivity contribution is 0.102. The maximum Gasteiger partial charge on any atom is 0.255 e. The molecule has 0 atom stereocenters. The number of carbonyl (C=O) groups is 1. The third kappa shape index (κ3) is 3.92. The third-order valence-corrected chi connectivity index (χ3v) is 4.04. The van der Waals surface area contributed by atoms with Gasteiger partial charge in [-0.05, 0) is 66.6 Å². The van der Waals surface area contributed by atoms with E-state index in [2.05, 4.69) is 31.3 Å². The quantitative estimate of drug-likeness (QED) is 0.885. The molecule has 23 heavy (non-hydrogen) atoms. The summed E-state index contributed by atoms with van der Waals surface area (Å²) in [6.45, 7) is 4.85. The molecule has 1 aliphatic rings. The number of nitrogens with one attached hydrogen (secondary N) is 1. The van der Waals surface area contributed by atoms with Gasteiger partial charge >= 0.3 is 0 Å². The molecule has 0 aliphatic heterocycles. The first-order valence-electron chi connectivity index (χ1n) is 8.28. The zero-order valence-corrected chi connectivity index (χ0v) is 13.8. The highest BCUT2D eigenvalue weighted by molar-refractivity contribution is 6.04. The van der Waals surface area contributed by atoms with Gasteiger partial charge in [-0.15, -0.1) is 0 Å². The Bertz CT molecular complexity index is 707. The average molecular weight is 309 g/mol. The topological polar surface area (TPSA) is 38.3 Å². The molecule has 0 spiro atoms. The molecule has 2 aromatic carbocycles. The molecule has 1 N–H and O–H groups in total. The minimum atomic E-state index is -0.0991. The molecule has 0 saturated carbocycles. The zero-order valence-electron chi connectivity index (χ0n) is 13.8. The molecule has 3 heteroatoms. The molecule has 120 valence electrons. The lowest BCUT2D eigenvalue weighted by Crippen LogP contribution is -2.12. The second-order valence-corrected chi connectivity index (χ2v) is 6.52. The first-order chi connectivity index (χ1) is 11.1. The van der Waals surface area contributed by atoms with Gasteiger partial charge in [0.2, 0.25) is 0 Å². The highest BCUT2D eigenvalue weighted by atomic mass is 16.5. The molecule has 0 aromatic heterocycles. The number of carbonyl (C=O) groups excluding carboxylic acids is 1. The van der Waals surface area contributed by atoms with E-state index in [1.807, 2.05) is 24.3 Å². The maximum atomic E-state index is 12.4. The number of amides is 1. The summed E-state index contributed by atoms with van der Waals surface area (Å²) in [6, 6.07) is 13.6. The zero-order chi connectivity index (χ0) is 16.2. The van der Waals surface area contributed by atoms with E-state index in [9.17, 15) is 4.79 Å². The van der Waals surface area contributed by atoms with Crippen LogP contribution in [0.4, 0.5) is 5.69 Å². The molecule has 0 unspecified atom stereocenters. The monoisotopic (exact) mass is 309 g/mol. The van der Waals surface area contributed by atoms with Crippen LogP contribution in [-0.2, 0) is 12.8 Å². The predicted octanol–water partition coefficient (Wildman–Crippen LogP) is 4.46. The van der Waals surface area contributed by atoms with Gasteiger partial charge in [0.25, 0.3) is 5.91 Å². The fraction of sp³-hybridized carbons (Fsp3) is 0.350. The van der Waals surface area contributed by atoms with E-state index in [-0.39, 0.29) is 5.91 Å². The van der Waals surface area contributed by atoms with Gasteiger partial charge in [0.1, 0.15) is 5.75 Å². The largest absolute Gasteiger partial charge is 0.493 e. The Kier molecular flexibility index (Phi) is 4.65. The van der Waals surface area contributed by atoms with Crippen LogP contribution < -0.4 is 10.1 Å². The maximum absolute atomic E-state index is 12.4. The molecular formula is C20H23NO2. The van der Waals surface area contributed by atoms with Crippen LogP contribution >= 0.6 is 0 Å². The van der Waals surface area contributed by atoms with Crippen LogP contribution in [0.5, 0.6) is 5.75 Å². The third-order valence-electron chi connectivity index (χ3n) is 4.04. The Morgan fingerprint density at radius 3 is 2.78 bits per heavy atom. The molecule has 1 amide bonds. The van der Waals surface area contributed by atoms with E-state index in [1.165, 1.54) is 17.5 Å². The van der Waals surface area contributed by atoms with Crippen molar-refractivity contribution in [1.29, 1.82) is 0 Å². The Balaban J connectivity index is 1.69. The van der Waals surface area contributed by atoms with Crippen LogP contribution in [0.25, 0.3) is 0 Å². The van der Waals surface area contributed by atoms with Crippen LogP contribution in [0.3, 0.4) is 0 Å². The van der Waals surface area contributed by atoms with Crippen LogP contribution in [0, 0.1) is 5.92 Å². The van der Waals surface area contributed by atoms with E-state index in [0.29, 0.717) is 18.1 Å². The summed E-state index contributed by atoms with van der Waals surface area (Å²) in [6.07, 6.45) is 3.47. The van der Waals surface area contributed by atoms with E-state index in [0.717, 1.165) is 24.3 Å².